The van der Waals surface area contributed by atoms with Crippen molar-refractivity contribution in [3.8, 4) is 0 Å². The third-order valence-corrected chi connectivity index (χ3v) is 5.18. The van der Waals surface area contributed by atoms with Gasteiger partial charge in [-0.15, -0.1) is 0 Å². The van der Waals surface area contributed by atoms with Gasteiger partial charge in [-0.2, -0.15) is 0 Å². The summed E-state index contributed by atoms with van der Waals surface area (Å²) in [4.78, 5) is 59.2. The standard InChI is InChI=1S/C25H36N4O7/c1-16(2)23(29-21(32)7-5-4-6-14-26-20(31)12-13-22(33)34)25(36)27-17(3)24(35)28-19-10-8-18(15-30)9-11-19/h8-13,16-17,23,30H,4-7,14-15H2,1-3H3,(H,26,31)(H,27,36)(H,28,35)(H,29,32)(H,33,34)/b13-12+/t17-,23-/m0/s1. The van der Waals surface area contributed by atoms with Crippen molar-refractivity contribution < 1.29 is 34.2 Å². The van der Waals surface area contributed by atoms with Crippen LogP contribution in [0.5, 0.6) is 0 Å². The molecule has 1 rings (SSSR count). The topological polar surface area (TPSA) is 174 Å². The van der Waals surface area contributed by atoms with Gasteiger partial charge in [0.15, 0.2) is 0 Å². The van der Waals surface area contributed by atoms with Crippen molar-refractivity contribution in [1.82, 2.24) is 16.0 Å². The van der Waals surface area contributed by atoms with Crippen molar-refractivity contribution in [3.05, 3.63) is 42.0 Å². The van der Waals surface area contributed by atoms with Gasteiger partial charge in [-0.3, -0.25) is 19.2 Å². The van der Waals surface area contributed by atoms with Crippen LogP contribution in [0.1, 0.15) is 52.0 Å². The van der Waals surface area contributed by atoms with Crippen LogP contribution in [0.3, 0.4) is 0 Å². The molecule has 0 saturated heterocycles. The first-order valence-corrected chi connectivity index (χ1v) is 11.8. The second-order valence-corrected chi connectivity index (χ2v) is 8.64. The first-order valence-electron chi connectivity index (χ1n) is 11.8. The molecule has 0 spiro atoms. The van der Waals surface area contributed by atoms with Gasteiger partial charge < -0.3 is 31.5 Å². The van der Waals surface area contributed by atoms with Crippen molar-refractivity contribution >= 4 is 35.3 Å². The Bertz CT molecular complexity index is 929. The third-order valence-electron chi connectivity index (χ3n) is 5.18. The summed E-state index contributed by atoms with van der Waals surface area (Å²) >= 11 is 0. The van der Waals surface area contributed by atoms with Crippen molar-refractivity contribution in [3.63, 3.8) is 0 Å². The average molecular weight is 505 g/mol. The summed E-state index contributed by atoms with van der Waals surface area (Å²) in [7, 11) is 0. The molecule has 1 aromatic carbocycles. The lowest BCUT2D eigenvalue weighted by Crippen LogP contribution is -2.53. The van der Waals surface area contributed by atoms with Gasteiger partial charge in [-0.05, 0) is 43.4 Å². The number of nitrogens with one attached hydrogen (secondary N) is 4. The van der Waals surface area contributed by atoms with E-state index >= 15 is 0 Å². The molecule has 11 nitrogen and oxygen atoms in total. The second-order valence-electron chi connectivity index (χ2n) is 8.64. The van der Waals surface area contributed by atoms with Crippen LogP contribution in [0.4, 0.5) is 5.69 Å². The minimum Gasteiger partial charge on any atom is -0.478 e. The van der Waals surface area contributed by atoms with Crippen LogP contribution in [0.2, 0.25) is 0 Å². The number of carboxylic acid groups (broad SMARTS) is 1. The van der Waals surface area contributed by atoms with Gasteiger partial charge in [0.05, 0.1) is 6.61 Å². The molecule has 0 saturated carbocycles. The highest BCUT2D eigenvalue weighted by molar-refractivity contribution is 5.98. The summed E-state index contributed by atoms with van der Waals surface area (Å²) in [5.41, 5.74) is 1.24. The van der Waals surface area contributed by atoms with E-state index in [-0.39, 0.29) is 24.9 Å². The second kappa shape index (κ2) is 16.0. The SMILES string of the molecule is CC(C)[C@H](NC(=O)CCCCCNC(=O)/C=C/C(=O)O)C(=O)N[C@@H](C)C(=O)Nc1ccc(CO)cc1. The highest BCUT2D eigenvalue weighted by atomic mass is 16.4. The lowest BCUT2D eigenvalue weighted by atomic mass is 10.0. The van der Waals surface area contributed by atoms with E-state index in [2.05, 4.69) is 21.3 Å². The van der Waals surface area contributed by atoms with Crippen LogP contribution in [0, 0.1) is 5.92 Å². The molecule has 36 heavy (non-hydrogen) atoms. The number of hydrogen-bond acceptors (Lipinski definition) is 6. The summed E-state index contributed by atoms with van der Waals surface area (Å²) < 4.78 is 0. The van der Waals surface area contributed by atoms with E-state index in [9.17, 15) is 24.0 Å². The summed E-state index contributed by atoms with van der Waals surface area (Å²) in [5, 5.41) is 28.2. The van der Waals surface area contributed by atoms with Gasteiger partial charge in [0.2, 0.25) is 23.6 Å². The molecular formula is C25H36N4O7. The quantitative estimate of drug-likeness (QED) is 0.153. The molecule has 198 valence electrons. The van der Waals surface area contributed by atoms with Gasteiger partial charge >= 0.3 is 5.97 Å². The smallest absolute Gasteiger partial charge is 0.328 e. The maximum absolute atomic E-state index is 12.7. The van der Waals surface area contributed by atoms with Gasteiger partial charge in [0, 0.05) is 30.8 Å². The fourth-order valence-electron chi connectivity index (χ4n) is 3.10. The van der Waals surface area contributed by atoms with Crippen LogP contribution in [0.25, 0.3) is 0 Å². The number of benzene rings is 1. The van der Waals surface area contributed by atoms with Crippen molar-refractivity contribution in [2.45, 2.75) is 65.1 Å². The number of carboxylic acids is 1. The number of carbonyl (C=O) groups is 5. The Morgan fingerprint density at radius 2 is 1.56 bits per heavy atom. The maximum atomic E-state index is 12.7. The molecule has 0 aliphatic carbocycles. The monoisotopic (exact) mass is 504 g/mol. The molecule has 0 aliphatic heterocycles. The molecular weight excluding hydrogens is 468 g/mol. The lowest BCUT2D eigenvalue weighted by molar-refractivity contribution is -0.131. The summed E-state index contributed by atoms with van der Waals surface area (Å²) in [6.07, 6.45) is 3.71. The lowest BCUT2D eigenvalue weighted by Gasteiger charge is -2.24. The Labute approximate surface area is 210 Å². The Kier molecular flexibility index (Phi) is 13.5. The molecule has 11 heteroatoms. The van der Waals surface area contributed by atoms with Crippen LogP contribution in [-0.2, 0) is 30.6 Å². The first kappa shape index (κ1) is 30.3. The zero-order chi connectivity index (χ0) is 27.1. The predicted octanol–water partition coefficient (Wildman–Crippen LogP) is 1.08. The minimum absolute atomic E-state index is 0.102. The molecule has 0 fully saturated rings. The highest BCUT2D eigenvalue weighted by Gasteiger charge is 2.26. The van der Waals surface area contributed by atoms with Crippen LogP contribution < -0.4 is 21.3 Å². The minimum atomic E-state index is -1.20. The number of aliphatic hydroxyl groups excluding tert-OH is 1. The average Bonchev–Trinajstić information content (AvgIpc) is 2.83. The van der Waals surface area contributed by atoms with E-state index in [1.807, 2.05) is 0 Å². The fourth-order valence-corrected chi connectivity index (χ4v) is 3.10. The predicted molar refractivity (Wildman–Crippen MR) is 134 cm³/mol. The van der Waals surface area contributed by atoms with Crippen molar-refractivity contribution in [1.29, 1.82) is 0 Å². The Balaban J connectivity index is 2.41. The number of unbranched alkanes of at least 4 members (excludes halogenated alkanes) is 2. The Hall–Kier alpha value is -3.73. The first-order chi connectivity index (χ1) is 17.0. The van der Waals surface area contributed by atoms with E-state index in [0.717, 1.165) is 12.2 Å². The number of carbonyl (C=O) groups excluding carboxylic acids is 4. The van der Waals surface area contributed by atoms with Crippen LogP contribution in [-0.4, -0.2) is 58.4 Å². The van der Waals surface area contributed by atoms with E-state index in [0.29, 0.717) is 37.1 Å². The summed E-state index contributed by atoms with van der Waals surface area (Å²) in [6.45, 7) is 5.38. The van der Waals surface area contributed by atoms with Crippen LogP contribution >= 0.6 is 0 Å². The number of anilines is 1. The van der Waals surface area contributed by atoms with Gasteiger partial charge in [0.1, 0.15) is 12.1 Å². The van der Waals surface area contributed by atoms with E-state index < -0.39 is 35.8 Å². The van der Waals surface area contributed by atoms with Gasteiger partial charge in [-0.25, -0.2) is 4.79 Å². The van der Waals surface area contributed by atoms with Crippen LogP contribution in [0.15, 0.2) is 36.4 Å². The molecule has 0 radical (unpaired) electrons. The largest absolute Gasteiger partial charge is 0.478 e. The molecule has 4 amide bonds. The highest BCUT2D eigenvalue weighted by Crippen LogP contribution is 2.10. The van der Waals surface area contributed by atoms with E-state index in [1.54, 1.807) is 45.0 Å². The number of aliphatic hydroxyl groups is 1. The maximum Gasteiger partial charge on any atom is 0.328 e. The molecule has 0 aromatic heterocycles. The van der Waals surface area contributed by atoms with Crippen molar-refractivity contribution in [2.75, 3.05) is 11.9 Å². The number of hydrogen-bond donors (Lipinski definition) is 6. The number of aliphatic carboxylic acids is 1. The van der Waals surface area contributed by atoms with E-state index in [4.69, 9.17) is 10.2 Å². The molecule has 2 atom stereocenters. The fraction of sp³-hybridized carbons (Fsp3) is 0.480. The zero-order valence-corrected chi connectivity index (χ0v) is 20.9. The zero-order valence-electron chi connectivity index (χ0n) is 20.9. The van der Waals surface area contributed by atoms with E-state index in [1.165, 1.54) is 0 Å². The molecule has 0 bridgehead atoms. The number of rotatable bonds is 15. The Morgan fingerprint density at radius 1 is 0.889 bits per heavy atom. The third kappa shape index (κ3) is 12.1. The summed E-state index contributed by atoms with van der Waals surface area (Å²) in [5.74, 6) is -3.08. The summed E-state index contributed by atoms with van der Waals surface area (Å²) in [6, 6.07) is 5.02. The molecule has 0 unspecified atom stereocenters. The molecule has 1 aromatic rings. The van der Waals surface area contributed by atoms with Crippen molar-refractivity contribution in [2.24, 2.45) is 5.92 Å². The molecule has 0 heterocycles. The normalized spacial score (nSPS) is 12.6. The van der Waals surface area contributed by atoms with Gasteiger partial charge in [-0.1, -0.05) is 32.4 Å². The van der Waals surface area contributed by atoms with Gasteiger partial charge in [0.25, 0.3) is 0 Å². The Morgan fingerprint density at radius 3 is 2.14 bits per heavy atom. The molecule has 6 N–H and O–H groups in total. The molecule has 0 aliphatic rings. The number of amides is 4.